The summed E-state index contributed by atoms with van der Waals surface area (Å²) in [6.45, 7) is 3.55. The number of urea groups is 1. The maximum Gasteiger partial charge on any atom is 0.329 e. The number of nitrogens with zero attached hydrogens (tertiary/aromatic N) is 1. The van der Waals surface area contributed by atoms with Crippen LogP contribution < -0.4 is 5.32 Å². The van der Waals surface area contributed by atoms with Gasteiger partial charge in [0.05, 0.1) is 13.2 Å². The van der Waals surface area contributed by atoms with Crippen LogP contribution in [0.2, 0.25) is 5.02 Å². The third-order valence-corrected chi connectivity index (χ3v) is 5.30. The lowest BCUT2D eigenvalue weighted by Crippen LogP contribution is -2.49. The number of hydrogen-bond acceptors (Lipinski definition) is 6. The van der Waals surface area contributed by atoms with Crippen molar-refractivity contribution in [3.8, 4) is 0 Å². The molecule has 0 radical (unpaired) electrons. The molecule has 26 heavy (non-hydrogen) atoms. The highest BCUT2D eigenvalue weighted by Gasteiger charge is 2.43. The largest absolute Gasteiger partial charge is 0.465 e. The van der Waals surface area contributed by atoms with Crippen LogP contribution in [0.25, 0.3) is 0 Å². The fraction of sp³-hybridized carbons (Fsp3) is 0.471. The van der Waals surface area contributed by atoms with Gasteiger partial charge in [0.25, 0.3) is 0 Å². The molecular weight excluding hydrogens is 380 g/mol. The predicted molar refractivity (Wildman–Crippen MR) is 98.9 cm³/mol. The van der Waals surface area contributed by atoms with Crippen LogP contribution in [0.4, 0.5) is 4.79 Å². The number of amides is 2. The summed E-state index contributed by atoms with van der Waals surface area (Å²) >= 11 is 7.69. The number of esters is 2. The van der Waals surface area contributed by atoms with Crippen LogP contribution >= 0.6 is 23.4 Å². The molecule has 1 heterocycles. The van der Waals surface area contributed by atoms with Crippen molar-refractivity contribution in [3.05, 3.63) is 34.9 Å². The molecule has 1 aromatic carbocycles. The second-order valence-corrected chi connectivity index (χ2v) is 6.87. The van der Waals surface area contributed by atoms with Crippen LogP contribution in [0.15, 0.2) is 24.3 Å². The van der Waals surface area contributed by atoms with Gasteiger partial charge in [-0.25, -0.2) is 9.59 Å². The minimum absolute atomic E-state index is 0.217. The van der Waals surface area contributed by atoms with Gasteiger partial charge < -0.3 is 14.8 Å². The summed E-state index contributed by atoms with van der Waals surface area (Å²) in [7, 11) is 0. The fourth-order valence-corrected chi connectivity index (χ4v) is 4.29. The second kappa shape index (κ2) is 9.68. The average molecular weight is 401 g/mol. The quantitative estimate of drug-likeness (QED) is 0.739. The number of rotatable bonds is 6. The van der Waals surface area contributed by atoms with Crippen molar-refractivity contribution >= 4 is 41.3 Å². The third kappa shape index (κ3) is 4.82. The molecule has 2 unspecified atom stereocenters. The Balaban J connectivity index is 2.22. The SMILES string of the molecule is CCOC(=O)CNC(=O)N1C(C(=O)OCC)CSC1c1ccccc1Cl. The summed E-state index contributed by atoms with van der Waals surface area (Å²) in [6.07, 6.45) is 0. The topological polar surface area (TPSA) is 84.9 Å². The second-order valence-electron chi connectivity index (χ2n) is 5.35. The minimum Gasteiger partial charge on any atom is -0.465 e. The van der Waals surface area contributed by atoms with Gasteiger partial charge in [0.2, 0.25) is 0 Å². The molecular formula is C17H21ClN2O5S. The normalized spacial score (nSPS) is 19.1. The van der Waals surface area contributed by atoms with E-state index < -0.39 is 29.4 Å². The highest BCUT2D eigenvalue weighted by molar-refractivity contribution is 7.99. The molecule has 9 heteroatoms. The van der Waals surface area contributed by atoms with E-state index in [1.54, 1.807) is 32.0 Å². The van der Waals surface area contributed by atoms with E-state index in [0.29, 0.717) is 10.8 Å². The minimum atomic E-state index is -0.761. The number of ether oxygens (including phenoxy) is 2. The van der Waals surface area contributed by atoms with Crippen LogP contribution in [-0.4, -0.2) is 54.4 Å². The van der Waals surface area contributed by atoms with E-state index in [1.807, 2.05) is 6.07 Å². The summed E-state index contributed by atoms with van der Waals surface area (Å²) in [6, 6.07) is 5.82. The van der Waals surface area contributed by atoms with Crippen LogP contribution in [0.5, 0.6) is 0 Å². The van der Waals surface area contributed by atoms with E-state index in [-0.39, 0.29) is 19.8 Å². The van der Waals surface area contributed by atoms with Crippen LogP contribution in [0.3, 0.4) is 0 Å². The van der Waals surface area contributed by atoms with E-state index in [9.17, 15) is 14.4 Å². The molecule has 1 aliphatic heterocycles. The van der Waals surface area contributed by atoms with Crippen LogP contribution in [0.1, 0.15) is 24.8 Å². The fourth-order valence-electron chi connectivity index (χ4n) is 2.54. The molecule has 2 amide bonds. The Labute approximate surface area is 161 Å². The summed E-state index contributed by atoms with van der Waals surface area (Å²) in [5.41, 5.74) is 0.720. The molecule has 1 aliphatic rings. The first-order valence-corrected chi connectivity index (χ1v) is 9.66. The third-order valence-electron chi connectivity index (χ3n) is 3.65. The Kier molecular flexibility index (Phi) is 7.59. The zero-order valence-corrected chi connectivity index (χ0v) is 16.1. The summed E-state index contributed by atoms with van der Waals surface area (Å²) in [5.74, 6) is -0.655. The highest BCUT2D eigenvalue weighted by atomic mass is 35.5. The highest BCUT2D eigenvalue weighted by Crippen LogP contribution is 2.43. The average Bonchev–Trinajstić information content (AvgIpc) is 3.05. The zero-order valence-electron chi connectivity index (χ0n) is 14.6. The van der Waals surface area contributed by atoms with Gasteiger partial charge in [0.1, 0.15) is 18.0 Å². The van der Waals surface area contributed by atoms with Gasteiger partial charge >= 0.3 is 18.0 Å². The standard InChI is InChI=1S/C17H21ClN2O5S/c1-3-24-14(21)9-19-17(23)20-13(16(22)25-4-2)10-26-15(20)11-7-5-6-8-12(11)18/h5-8,13,15H,3-4,9-10H2,1-2H3,(H,19,23). The van der Waals surface area contributed by atoms with Gasteiger partial charge in [-0.05, 0) is 19.9 Å². The Morgan fingerprint density at radius 2 is 1.92 bits per heavy atom. The number of carbonyl (C=O) groups excluding carboxylic acids is 3. The van der Waals surface area contributed by atoms with Crippen molar-refractivity contribution in [2.75, 3.05) is 25.5 Å². The number of carbonyl (C=O) groups is 3. The number of thioether (sulfide) groups is 1. The molecule has 1 N–H and O–H groups in total. The molecule has 1 saturated heterocycles. The van der Waals surface area contributed by atoms with Crippen molar-refractivity contribution in [1.29, 1.82) is 0 Å². The van der Waals surface area contributed by atoms with Crippen molar-refractivity contribution < 1.29 is 23.9 Å². The summed E-state index contributed by atoms with van der Waals surface area (Å²) in [5, 5.41) is 2.54. The number of nitrogens with one attached hydrogen (secondary N) is 1. The Morgan fingerprint density at radius 1 is 1.23 bits per heavy atom. The van der Waals surface area contributed by atoms with Crippen LogP contribution in [-0.2, 0) is 19.1 Å². The molecule has 0 saturated carbocycles. The first-order chi connectivity index (χ1) is 12.5. The van der Waals surface area contributed by atoms with Gasteiger partial charge in [-0.1, -0.05) is 29.8 Å². The molecule has 7 nitrogen and oxygen atoms in total. The molecule has 0 spiro atoms. The van der Waals surface area contributed by atoms with E-state index in [2.05, 4.69) is 5.32 Å². The van der Waals surface area contributed by atoms with E-state index in [0.717, 1.165) is 5.56 Å². The van der Waals surface area contributed by atoms with Crippen molar-refractivity contribution in [1.82, 2.24) is 10.2 Å². The van der Waals surface area contributed by atoms with Crippen molar-refractivity contribution in [2.24, 2.45) is 0 Å². The predicted octanol–water partition coefficient (Wildman–Crippen LogP) is 2.59. The molecule has 0 aromatic heterocycles. The maximum absolute atomic E-state index is 12.7. The van der Waals surface area contributed by atoms with Gasteiger partial charge in [-0.15, -0.1) is 11.8 Å². The van der Waals surface area contributed by atoms with Crippen LogP contribution in [0, 0.1) is 0 Å². The van der Waals surface area contributed by atoms with Gasteiger partial charge in [-0.2, -0.15) is 0 Å². The number of hydrogen-bond donors (Lipinski definition) is 1. The molecule has 2 atom stereocenters. The first-order valence-electron chi connectivity index (χ1n) is 8.24. The smallest absolute Gasteiger partial charge is 0.329 e. The number of benzene rings is 1. The molecule has 1 fully saturated rings. The van der Waals surface area contributed by atoms with Gasteiger partial charge in [0, 0.05) is 16.3 Å². The molecule has 2 rings (SSSR count). The van der Waals surface area contributed by atoms with E-state index in [1.165, 1.54) is 16.7 Å². The van der Waals surface area contributed by atoms with Crippen molar-refractivity contribution in [3.63, 3.8) is 0 Å². The lowest BCUT2D eigenvalue weighted by Gasteiger charge is -2.28. The first kappa shape index (κ1) is 20.4. The number of halogens is 1. The van der Waals surface area contributed by atoms with Gasteiger partial charge in [-0.3, -0.25) is 9.69 Å². The lowest BCUT2D eigenvalue weighted by atomic mass is 10.2. The lowest BCUT2D eigenvalue weighted by molar-refractivity contribution is -0.147. The molecule has 142 valence electrons. The monoisotopic (exact) mass is 400 g/mol. The van der Waals surface area contributed by atoms with Gasteiger partial charge in [0.15, 0.2) is 0 Å². The molecule has 0 bridgehead atoms. The summed E-state index contributed by atoms with van der Waals surface area (Å²) in [4.78, 5) is 37.9. The zero-order chi connectivity index (χ0) is 19.1. The maximum atomic E-state index is 12.7. The Morgan fingerprint density at radius 3 is 2.58 bits per heavy atom. The Bertz CT molecular complexity index is 672. The Hall–Kier alpha value is -1.93. The van der Waals surface area contributed by atoms with E-state index in [4.69, 9.17) is 21.1 Å². The van der Waals surface area contributed by atoms with Crippen molar-refractivity contribution in [2.45, 2.75) is 25.3 Å². The van der Waals surface area contributed by atoms with E-state index >= 15 is 0 Å². The molecule has 1 aromatic rings. The summed E-state index contributed by atoms with van der Waals surface area (Å²) < 4.78 is 9.89. The molecule has 0 aliphatic carbocycles.